The highest BCUT2D eigenvalue weighted by molar-refractivity contribution is 6.34. The quantitative estimate of drug-likeness (QED) is 0.672. The van der Waals surface area contributed by atoms with Gasteiger partial charge in [0.2, 0.25) is 0 Å². The van der Waals surface area contributed by atoms with Crippen LogP contribution in [-0.2, 0) is 6.54 Å². The van der Waals surface area contributed by atoms with Gasteiger partial charge < -0.3 is 10.1 Å². The Hall–Kier alpha value is -2.86. The summed E-state index contributed by atoms with van der Waals surface area (Å²) in [7, 11) is 1.67. The van der Waals surface area contributed by atoms with Crippen LogP contribution >= 0.6 is 11.6 Å². The van der Waals surface area contributed by atoms with Crippen LogP contribution in [0.15, 0.2) is 43.0 Å². The fourth-order valence-corrected chi connectivity index (χ4v) is 3.28. The normalized spacial score (nSPS) is 10.9. The van der Waals surface area contributed by atoms with Gasteiger partial charge in [-0.2, -0.15) is 0 Å². The van der Waals surface area contributed by atoms with Crippen molar-refractivity contribution in [3.05, 3.63) is 70.3 Å². The second-order valence-electron chi connectivity index (χ2n) is 6.89. The molecule has 0 bridgehead atoms. The number of carbonyl (C=O) groups is 1. The highest BCUT2D eigenvalue weighted by Crippen LogP contribution is 2.29. The van der Waals surface area contributed by atoms with Gasteiger partial charge >= 0.3 is 0 Å². The summed E-state index contributed by atoms with van der Waals surface area (Å²) in [5, 5.41) is 10.9. The molecule has 0 spiro atoms. The summed E-state index contributed by atoms with van der Waals surface area (Å²) in [4.78, 5) is 12.6. The second-order valence-corrected chi connectivity index (χ2v) is 7.30. The number of amides is 1. The standard InChI is InChI=1S/C21H23ClN4O2/c1-13(2)18-8-15(14(3)7-20(18)28-4)10-23-21(27)17-6-5-16(9-19(17)22)26-11-24-25-12-26/h5-9,11-13H,10H2,1-4H3,(H,23,27). The monoisotopic (exact) mass is 398 g/mol. The first-order valence-corrected chi connectivity index (χ1v) is 9.38. The van der Waals surface area contributed by atoms with E-state index in [1.54, 1.807) is 42.5 Å². The van der Waals surface area contributed by atoms with Gasteiger partial charge in [-0.25, -0.2) is 0 Å². The lowest BCUT2D eigenvalue weighted by molar-refractivity contribution is 0.0951. The summed E-state index contributed by atoms with van der Waals surface area (Å²) in [5.41, 5.74) is 4.45. The molecular weight excluding hydrogens is 376 g/mol. The number of carbonyl (C=O) groups excluding carboxylic acids is 1. The number of aryl methyl sites for hydroxylation is 1. The van der Waals surface area contributed by atoms with Crippen LogP contribution in [0.3, 0.4) is 0 Å². The zero-order valence-corrected chi connectivity index (χ0v) is 17.1. The minimum Gasteiger partial charge on any atom is -0.496 e. The number of ether oxygens (including phenoxy) is 1. The van der Waals surface area contributed by atoms with E-state index in [4.69, 9.17) is 16.3 Å². The fraction of sp³-hybridized carbons (Fsp3) is 0.286. The van der Waals surface area contributed by atoms with Crippen molar-refractivity contribution in [2.24, 2.45) is 0 Å². The van der Waals surface area contributed by atoms with Gasteiger partial charge in [0.05, 0.1) is 17.7 Å². The molecule has 3 rings (SSSR count). The van der Waals surface area contributed by atoms with E-state index >= 15 is 0 Å². The molecule has 0 aliphatic rings. The molecule has 0 radical (unpaired) electrons. The number of hydrogen-bond acceptors (Lipinski definition) is 4. The van der Waals surface area contributed by atoms with Crippen molar-refractivity contribution >= 4 is 17.5 Å². The zero-order chi connectivity index (χ0) is 20.3. The Balaban J connectivity index is 1.76. The maximum Gasteiger partial charge on any atom is 0.253 e. The number of nitrogens with zero attached hydrogens (tertiary/aromatic N) is 3. The molecule has 2 aromatic carbocycles. The van der Waals surface area contributed by atoms with E-state index in [-0.39, 0.29) is 5.91 Å². The first-order valence-electron chi connectivity index (χ1n) is 9.01. The van der Waals surface area contributed by atoms with Gasteiger partial charge in [-0.05, 0) is 59.9 Å². The highest BCUT2D eigenvalue weighted by Gasteiger charge is 2.14. The predicted octanol–water partition coefficient (Wildman–Crippen LogP) is 4.29. The molecule has 0 fully saturated rings. The van der Waals surface area contributed by atoms with Crippen LogP contribution in [0.2, 0.25) is 5.02 Å². The third-order valence-electron chi connectivity index (χ3n) is 4.66. The second kappa shape index (κ2) is 8.44. The number of halogens is 1. The van der Waals surface area contributed by atoms with Crippen LogP contribution in [0.4, 0.5) is 0 Å². The lowest BCUT2D eigenvalue weighted by atomic mass is 9.96. The largest absolute Gasteiger partial charge is 0.496 e. The molecule has 1 heterocycles. The SMILES string of the molecule is COc1cc(C)c(CNC(=O)c2ccc(-n3cnnc3)cc2Cl)cc1C(C)C. The van der Waals surface area contributed by atoms with Gasteiger partial charge in [0.15, 0.2) is 0 Å². The molecule has 0 saturated heterocycles. The average molecular weight is 399 g/mol. The van der Waals surface area contributed by atoms with E-state index in [1.165, 1.54) is 0 Å². The third kappa shape index (κ3) is 4.17. The number of benzene rings is 2. The minimum absolute atomic E-state index is 0.221. The van der Waals surface area contributed by atoms with E-state index in [0.717, 1.165) is 28.1 Å². The molecule has 1 amide bonds. The van der Waals surface area contributed by atoms with Crippen LogP contribution in [0.5, 0.6) is 5.75 Å². The predicted molar refractivity (Wildman–Crippen MR) is 109 cm³/mol. The highest BCUT2D eigenvalue weighted by atomic mass is 35.5. The van der Waals surface area contributed by atoms with E-state index in [9.17, 15) is 4.79 Å². The number of aromatic nitrogens is 3. The van der Waals surface area contributed by atoms with Crippen LogP contribution in [0.1, 0.15) is 46.8 Å². The minimum atomic E-state index is -0.221. The maximum absolute atomic E-state index is 12.6. The van der Waals surface area contributed by atoms with Crippen molar-refractivity contribution in [1.82, 2.24) is 20.1 Å². The number of hydrogen-bond donors (Lipinski definition) is 1. The molecular formula is C21H23ClN4O2. The molecule has 7 heteroatoms. The first-order chi connectivity index (χ1) is 13.4. The summed E-state index contributed by atoms with van der Waals surface area (Å²) in [6.45, 7) is 6.66. The van der Waals surface area contributed by atoms with Crippen molar-refractivity contribution in [2.75, 3.05) is 7.11 Å². The first kappa shape index (κ1) is 19.9. The molecule has 1 N–H and O–H groups in total. The molecule has 0 aliphatic carbocycles. The Kier molecular flexibility index (Phi) is 5.99. The van der Waals surface area contributed by atoms with Gasteiger partial charge in [0.1, 0.15) is 18.4 Å². The average Bonchev–Trinajstić information content (AvgIpc) is 3.21. The van der Waals surface area contributed by atoms with Crippen molar-refractivity contribution < 1.29 is 9.53 Å². The Morgan fingerprint density at radius 1 is 1.21 bits per heavy atom. The summed E-state index contributed by atoms with van der Waals surface area (Å²) >= 11 is 6.33. The van der Waals surface area contributed by atoms with Crippen LogP contribution in [-0.4, -0.2) is 27.8 Å². The number of methoxy groups -OCH3 is 1. The molecule has 0 unspecified atom stereocenters. The Morgan fingerprint density at radius 3 is 2.54 bits per heavy atom. The van der Waals surface area contributed by atoms with Gasteiger partial charge in [0, 0.05) is 12.2 Å². The van der Waals surface area contributed by atoms with Gasteiger partial charge in [0.25, 0.3) is 5.91 Å². The van der Waals surface area contributed by atoms with E-state index in [1.807, 2.05) is 13.0 Å². The molecule has 6 nitrogen and oxygen atoms in total. The summed E-state index contributed by atoms with van der Waals surface area (Å²) in [5.74, 6) is 0.974. The van der Waals surface area contributed by atoms with Crippen LogP contribution in [0, 0.1) is 6.92 Å². The Bertz CT molecular complexity index is 984. The molecule has 0 saturated carbocycles. The summed E-state index contributed by atoms with van der Waals surface area (Å²) in [6, 6.07) is 9.33. The summed E-state index contributed by atoms with van der Waals surface area (Å²) < 4.78 is 7.20. The molecule has 0 aliphatic heterocycles. The van der Waals surface area contributed by atoms with Crippen LogP contribution in [0.25, 0.3) is 5.69 Å². The Labute approximate surface area is 169 Å². The zero-order valence-electron chi connectivity index (χ0n) is 16.4. The Morgan fingerprint density at radius 2 is 1.93 bits per heavy atom. The third-order valence-corrected chi connectivity index (χ3v) is 4.98. The molecule has 146 valence electrons. The van der Waals surface area contributed by atoms with Crippen molar-refractivity contribution in [1.29, 1.82) is 0 Å². The smallest absolute Gasteiger partial charge is 0.253 e. The molecule has 28 heavy (non-hydrogen) atoms. The fourth-order valence-electron chi connectivity index (χ4n) is 3.02. The molecule has 3 aromatic rings. The van der Waals surface area contributed by atoms with E-state index < -0.39 is 0 Å². The van der Waals surface area contributed by atoms with Crippen molar-refractivity contribution in [3.63, 3.8) is 0 Å². The van der Waals surface area contributed by atoms with Crippen molar-refractivity contribution in [3.8, 4) is 11.4 Å². The van der Waals surface area contributed by atoms with E-state index in [0.29, 0.717) is 23.0 Å². The summed E-state index contributed by atoms with van der Waals surface area (Å²) in [6.07, 6.45) is 3.15. The lowest BCUT2D eigenvalue weighted by Crippen LogP contribution is -2.23. The van der Waals surface area contributed by atoms with E-state index in [2.05, 4.69) is 35.4 Å². The van der Waals surface area contributed by atoms with Gasteiger partial charge in [-0.1, -0.05) is 25.4 Å². The number of nitrogens with one attached hydrogen (secondary N) is 1. The van der Waals surface area contributed by atoms with Crippen molar-refractivity contribution in [2.45, 2.75) is 33.2 Å². The topological polar surface area (TPSA) is 69.0 Å². The molecule has 0 atom stereocenters. The lowest BCUT2D eigenvalue weighted by Gasteiger charge is -2.16. The molecule has 1 aromatic heterocycles. The van der Waals surface area contributed by atoms with Crippen LogP contribution < -0.4 is 10.1 Å². The van der Waals surface area contributed by atoms with Gasteiger partial charge in [-0.3, -0.25) is 9.36 Å². The number of rotatable bonds is 6. The van der Waals surface area contributed by atoms with Gasteiger partial charge in [-0.15, -0.1) is 10.2 Å². The maximum atomic E-state index is 12.6.